The van der Waals surface area contributed by atoms with Gasteiger partial charge >= 0.3 is 5.97 Å². The standard InChI is InChI=1S/C24H15Cl2NO4S/c25-18-8-6-17(7-9-18)23(29)31-20-10-4-15(5-11-20)13-21-22(28)27(24(30)32-21)14-16-2-1-3-19(26)12-16/h1-13H,14H2/b21-13-. The Morgan fingerprint density at radius 1 is 0.938 bits per heavy atom. The monoisotopic (exact) mass is 483 g/mol. The number of benzene rings is 3. The van der Waals surface area contributed by atoms with Crippen LogP contribution in [0.1, 0.15) is 21.5 Å². The predicted molar refractivity (Wildman–Crippen MR) is 126 cm³/mol. The van der Waals surface area contributed by atoms with Gasteiger partial charge in [0.25, 0.3) is 11.1 Å². The first-order valence-corrected chi connectivity index (χ1v) is 11.0. The summed E-state index contributed by atoms with van der Waals surface area (Å²) < 4.78 is 5.35. The van der Waals surface area contributed by atoms with Crippen LogP contribution in [0.25, 0.3) is 6.08 Å². The van der Waals surface area contributed by atoms with Gasteiger partial charge in [-0.25, -0.2) is 4.79 Å². The number of halogens is 2. The van der Waals surface area contributed by atoms with Crippen LogP contribution in [0.5, 0.6) is 5.75 Å². The molecule has 0 aliphatic carbocycles. The maximum atomic E-state index is 12.7. The van der Waals surface area contributed by atoms with Crippen molar-refractivity contribution in [3.05, 3.63) is 104 Å². The van der Waals surface area contributed by atoms with Crippen molar-refractivity contribution in [3.8, 4) is 5.75 Å². The van der Waals surface area contributed by atoms with Gasteiger partial charge in [0, 0.05) is 10.0 Å². The van der Waals surface area contributed by atoms with Crippen molar-refractivity contribution in [2.75, 3.05) is 0 Å². The Morgan fingerprint density at radius 2 is 1.66 bits per heavy atom. The summed E-state index contributed by atoms with van der Waals surface area (Å²) in [6.07, 6.45) is 1.63. The van der Waals surface area contributed by atoms with Gasteiger partial charge in [-0.1, -0.05) is 47.5 Å². The van der Waals surface area contributed by atoms with Crippen LogP contribution < -0.4 is 4.74 Å². The number of thioether (sulfide) groups is 1. The van der Waals surface area contributed by atoms with E-state index in [0.29, 0.717) is 31.8 Å². The molecule has 4 rings (SSSR count). The molecular weight excluding hydrogens is 469 g/mol. The number of esters is 1. The zero-order chi connectivity index (χ0) is 22.7. The molecule has 1 aliphatic heterocycles. The second kappa shape index (κ2) is 9.61. The van der Waals surface area contributed by atoms with E-state index in [1.807, 2.05) is 6.07 Å². The van der Waals surface area contributed by atoms with Crippen LogP contribution in [0.3, 0.4) is 0 Å². The molecule has 0 radical (unpaired) electrons. The van der Waals surface area contributed by atoms with E-state index in [4.69, 9.17) is 27.9 Å². The summed E-state index contributed by atoms with van der Waals surface area (Å²) in [5.41, 5.74) is 1.85. The second-order valence-corrected chi connectivity index (χ2v) is 8.73. The average Bonchev–Trinajstić information content (AvgIpc) is 3.03. The summed E-state index contributed by atoms with van der Waals surface area (Å²) in [5.74, 6) is -0.508. The number of imide groups is 1. The molecule has 0 atom stereocenters. The summed E-state index contributed by atoms with van der Waals surface area (Å²) in [6, 6.07) is 20.1. The van der Waals surface area contributed by atoms with E-state index in [1.165, 1.54) is 4.90 Å². The van der Waals surface area contributed by atoms with Crippen molar-refractivity contribution >= 4 is 58.2 Å². The van der Waals surface area contributed by atoms with E-state index in [1.54, 1.807) is 72.8 Å². The number of hydrogen-bond acceptors (Lipinski definition) is 5. The Labute approximate surface area is 198 Å². The fraction of sp³-hybridized carbons (Fsp3) is 0.0417. The van der Waals surface area contributed by atoms with Gasteiger partial charge in [-0.15, -0.1) is 0 Å². The molecule has 0 N–H and O–H groups in total. The molecule has 0 unspecified atom stereocenters. The van der Waals surface area contributed by atoms with E-state index in [9.17, 15) is 14.4 Å². The Bertz CT molecular complexity index is 1220. The molecule has 0 aromatic heterocycles. The van der Waals surface area contributed by atoms with E-state index in [2.05, 4.69) is 0 Å². The zero-order valence-corrected chi connectivity index (χ0v) is 18.8. The number of hydrogen-bond donors (Lipinski definition) is 0. The third kappa shape index (κ3) is 5.22. The SMILES string of the molecule is O=C(Oc1ccc(/C=C2\SC(=O)N(Cc3cccc(Cl)c3)C2=O)cc1)c1ccc(Cl)cc1. The van der Waals surface area contributed by atoms with Crippen LogP contribution in [-0.4, -0.2) is 22.0 Å². The first-order valence-electron chi connectivity index (χ1n) is 9.47. The van der Waals surface area contributed by atoms with Gasteiger partial charge in [-0.3, -0.25) is 14.5 Å². The molecule has 1 aliphatic rings. The normalized spacial score (nSPS) is 14.8. The second-order valence-electron chi connectivity index (χ2n) is 6.86. The van der Waals surface area contributed by atoms with Crippen molar-refractivity contribution in [2.24, 2.45) is 0 Å². The zero-order valence-electron chi connectivity index (χ0n) is 16.5. The Hall–Kier alpha value is -3.06. The van der Waals surface area contributed by atoms with Gasteiger partial charge in [0.15, 0.2) is 0 Å². The number of carbonyl (C=O) groups excluding carboxylic acids is 3. The van der Waals surface area contributed by atoms with Gasteiger partial charge in [-0.2, -0.15) is 0 Å². The fourth-order valence-corrected chi connectivity index (χ4v) is 4.17. The highest BCUT2D eigenvalue weighted by molar-refractivity contribution is 8.18. The molecule has 8 heteroatoms. The summed E-state index contributed by atoms with van der Waals surface area (Å²) in [4.78, 5) is 38.7. The van der Waals surface area contributed by atoms with Crippen LogP contribution in [0, 0.1) is 0 Å². The van der Waals surface area contributed by atoms with E-state index < -0.39 is 5.97 Å². The summed E-state index contributed by atoms with van der Waals surface area (Å²) in [5, 5.41) is 0.736. The molecule has 1 heterocycles. The first kappa shape index (κ1) is 22.1. The van der Waals surface area contributed by atoms with E-state index in [-0.39, 0.29) is 17.7 Å². The molecule has 1 saturated heterocycles. The molecule has 2 amide bonds. The minimum Gasteiger partial charge on any atom is -0.423 e. The third-order valence-electron chi connectivity index (χ3n) is 4.57. The van der Waals surface area contributed by atoms with Gasteiger partial charge in [-0.05, 0) is 77.5 Å². The van der Waals surface area contributed by atoms with Crippen molar-refractivity contribution in [1.29, 1.82) is 0 Å². The molecule has 32 heavy (non-hydrogen) atoms. The summed E-state index contributed by atoms with van der Waals surface area (Å²) >= 11 is 12.7. The predicted octanol–water partition coefficient (Wildman–Crippen LogP) is 6.45. The molecule has 0 saturated carbocycles. The molecule has 5 nitrogen and oxygen atoms in total. The van der Waals surface area contributed by atoms with Crippen molar-refractivity contribution in [2.45, 2.75) is 6.54 Å². The Morgan fingerprint density at radius 3 is 2.34 bits per heavy atom. The fourth-order valence-electron chi connectivity index (χ4n) is 2.99. The Kier molecular flexibility index (Phi) is 6.65. The van der Waals surface area contributed by atoms with E-state index in [0.717, 1.165) is 17.3 Å². The van der Waals surface area contributed by atoms with Crippen LogP contribution in [-0.2, 0) is 11.3 Å². The highest BCUT2D eigenvalue weighted by atomic mass is 35.5. The molecule has 0 spiro atoms. The minimum absolute atomic E-state index is 0.155. The smallest absolute Gasteiger partial charge is 0.343 e. The van der Waals surface area contributed by atoms with Gasteiger partial charge < -0.3 is 4.74 Å². The van der Waals surface area contributed by atoms with E-state index >= 15 is 0 Å². The number of amides is 2. The van der Waals surface area contributed by atoms with Gasteiger partial charge in [0.2, 0.25) is 0 Å². The van der Waals surface area contributed by atoms with Crippen LogP contribution >= 0.6 is 35.0 Å². The maximum absolute atomic E-state index is 12.7. The van der Waals surface area contributed by atoms with Crippen molar-refractivity contribution in [3.63, 3.8) is 0 Å². The lowest BCUT2D eigenvalue weighted by Crippen LogP contribution is -2.27. The first-order chi connectivity index (χ1) is 15.4. The summed E-state index contributed by atoms with van der Waals surface area (Å²) in [6.45, 7) is 0.155. The highest BCUT2D eigenvalue weighted by Crippen LogP contribution is 2.33. The molecule has 3 aromatic rings. The largest absolute Gasteiger partial charge is 0.423 e. The highest BCUT2D eigenvalue weighted by Gasteiger charge is 2.35. The lowest BCUT2D eigenvalue weighted by molar-refractivity contribution is -0.123. The molecule has 0 bridgehead atoms. The quantitative estimate of drug-likeness (QED) is 0.237. The molecule has 1 fully saturated rings. The molecule has 3 aromatic carbocycles. The third-order valence-corrected chi connectivity index (χ3v) is 5.97. The molecule has 160 valence electrons. The van der Waals surface area contributed by atoms with Crippen molar-refractivity contribution in [1.82, 2.24) is 4.90 Å². The average molecular weight is 484 g/mol. The maximum Gasteiger partial charge on any atom is 0.343 e. The minimum atomic E-state index is -0.503. The van der Waals surface area contributed by atoms with Crippen LogP contribution in [0.2, 0.25) is 10.0 Å². The number of carbonyl (C=O) groups is 3. The number of rotatable bonds is 5. The van der Waals surface area contributed by atoms with Crippen LogP contribution in [0.4, 0.5) is 4.79 Å². The number of ether oxygens (including phenoxy) is 1. The van der Waals surface area contributed by atoms with Gasteiger partial charge in [0.05, 0.1) is 17.0 Å². The lowest BCUT2D eigenvalue weighted by Gasteiger charge is -2.12. The van der Waals surface area contributed by atoms with Gasteiger partial charge in [0.1, 0.15) is 5.75 Å². The Balaban J connectivity index is 1.43. The number of nitrogens with zero attached hydrogens (tertiary/aromatic N) is 1. The summed E-state index contributed by atoms with van der Waals surface area (Å²) in [7, 11) is 0. The topological polar surface area (TPSA) is 63.7 Å². The van der Waals surface area contributed by atoms with Crippen LogP contribution in [0.15, 0.2) is 77.7 Å². The molecular formula is C24H15Cl2NO4S. The van der Waals surface area contributed by atoms with Crippen molar-refractivity contribution < 1.29 is 19.1 Å². The lowest BCUT2D eigenvalue weighted by atomic mass is 10.2.